The first-order valence-electron chi connectivity index (χ1n) is 14.1. The van der Waals surface area contributed by atoms with Crippen molar-refractivity contribution in [3.8, 4) is 0 Å². The maximum absolute atomic E-state index is 14.1. The van der Waals surface area contributed by atoms with Crippen molar-refractivity contribution in [3.63, 3.8) is 0 Å². The Morgan fingerprint density at radius 3 is 2.27 bits per heavy atom. The van der Waals surface area contributed by atoms with Crippen LogP contribution in [0.4, 0.5) is 11.4 Å². The Bertz CT molecular complexity index is 1340. The summed E-state index contributed by atoms with van der Waals surface area (Å²) in [6.07, 6.45) is 2.96. The highest BCUT2D eigenvalue weighted by atomic mass is 35.5. The van der Waals surface area contributed by atoms with Crippen molar-refractivity contribution in [2.24, 2.45) is 0 Å². The van der Waals surface area contributed by atoms with Gasteiger partial charge in [-0.15, -0.1) is 0 Å². The molecule has 0 atom stereocenters. The van der Waals surface area contributed by atoms with Crippen LogP contribution in [0.2, 0.25) is 5.02 Å². The molecule has 1 aliphatic carbocycles. The van der Waals surface area contributed by atoms with Crippen LogP contribution >= 0.6 is 23.4 Å². The molecule has 1 N–H and O–H groups in total. The molecule has 0 unspecified atom stereocenters. The summed E-state index contributed by atoms with van der Waals surface area (Å²) in [6.45, 7) is 7.27. The van der Waals surface area contributed by atoms with Gasteiger partial charge in [-0.1, -0.05) is 48.3 Å². The number of carbonyl (C=O) groups is 2. The molecule has 2 amide bonds. The molecule has 2 aromatic carbocycles. The predicted octanol–water partition coefficient (Wildman–Crippen LogP) is 5.66. The van der Waals surface area contributed by atoms with Gasteiger partial charge in [-0.2, -0.15) is 0 Å². The van der Waals surface area contributed by atoms with Crippen molar-refractivity contribution in [2.45, 2.75) is 56.8 Å². The number of aromatic nitrogens is 2. The van der Waals surface area contributed by atoms with E-state index in [1.54, 1.807) is 4.90 Å². The van der Waals surface area contributed by atoms with Crippen molar-refractivity contribution in [1.29, 1.82) is 0 Å². The Morgan fingerprint density at radius 2 is 1.63 bits per heavy atom. The first-order chi connectivity index (χ1) is 19.8. The number of amides is 2. The van der Waals surface area contributed by atoms with Gasteiger partial charge in [0.1, 0.15) is 5.54 Å². The Morgan fingerprint density at radius 1 is 1.00 bits per heavy atom. The number of hydrogen-bond donors (Lipinski definition) is 1. The molecule has 2 heterocycles. The van der Waals surface area contributed by atoms with E-state index < -0.39 is 5.54 Å². The molecule has 10 heteroatoms. The third-order valence-electron chi connectivity index (χ3n) is 7.71. The van der Waals surface area contributed by atoms with Crippen LogP contribution in [-0.4, -0.2) is 64.3 Å². The number of ether oxygens (including phenoxy) is 1. The molecule has 1 aliphatic heterocycles. The molecule has 8 nitrogen and oxygen atoms in total. The second kappa shape index (κ2) is 13.2. The standard InChI is InChI=1S/C31H36ClN5O3S/c1-22-19-23(2)34-30(33-22)41-21-28(38)37(20-24-5-7-25(32)8-6-24)31(13-3-4-14-31)29(39)35-26-9-11-27(12-10-26)36-15-17-40-18-16-36/h5-12,19H,3-4,13-18,20-21H2,1-2H3,(H,35,39). The average molecular weight is 594 g/mol. The summed E-state index contributed by atoms with van der Waals surface area (Å²) in [5, 5.41) is 4.34. The fraction of sp³-hybridized carbons (Fsp3) is 0.419. The molecule has 1 saturated carbocycles. The molecule has 1 saturated heterocycles. The van der Waals surface area contributed by atoms with Gasteiger partial charge in [-0.3, -0.25) is 9.59 Å². The van der Waals surface area contributed by atoms with Gasteiger partial charge in [0.05, 0.1) is 19.0 Å². The van der Waals surface area contributed by atoms with Gasteiger partial charge in [0.25, 0.3) is 0 Å². The Balaban J connectivity index is 1.37. The summed E-state index contributed by atoms with van der Waals surface area (Å²) >= 11 is 7.45. The van der Waals surface area contributed by atoms with E-state index in [9.17, 15) is 9.59 Å². The molecule has 41 heavy (non-hydrogen) atoms. The smallest absolute Gasteiger partial charge is 0.250 e. The van der Waals surface area contributed by atoms with Gasteiger partial charge in [0.2, 0.25) is 11.8 Å². The second-order valence-electron chi connectivity index (χ2n) is 10.7. The number of morpholine rings is 1. The molecule has 3 aromatic rings. The van der Waals surface area contributed by atoms with Crippen LogP contribution in [0.1, 0.15) is 42.6 Å². The lowest BCUT2D eigenvalue weighted by Gasteiger charge is -2.40. The van der Waals surface area contributed by atoms with Crippen LogP contribution < -0.4 is 10.2 Å². The molecule has 1 aromatic heterocycles. The van der Waals surface area contributed by atoms with Crippen LogP contribution in [0, 0.1) is 13.8 Å². The summed E-state index contributed by atoms with van der Waals surface area (Å²) in [5.74, 6) is -0.128. The Kier molecular flexibility index (Phi) is 9.47. The van der Waals surface area contributed by atoms with Gasteiger partial charge in [-0.25, -0.2) is 9.97 Å². The summed E-state index contributed by atoms with van der Waals surface area (Å²) in [5.41, 5.74) is 3.50. The van der Waals surface area contributed by atoms with E-state index in [0.717, 1.165) is 54.3 Å². The molecule has 2 aliphatic rings. The number of aryl methyl sites for hydroxylation is 2. The van der Waals surface area contributed by atoms with E-state index in [1.807, 2.05) is 68.4 Å². The van der Waals surface area contributed by atoms with E-state index in [0.29, 0.717) is 42.8 Å². The van der Waals surface area contributed by atoms with Crippen molar-refractivity contribution in [3.05, 3.63) is 76.6 Å². The van der Waals surface area contributed by atoms with E-state index in [-0.39, 0.29) is 17.6 Å². The monoisotopic (exact) mass is 593 g/mol. The normalized spacial score (nSPS) is 16.4. The van der Waals surface area contributed by atoms with Crippen LogP contribution in [0.3, 0.4) is 0 Å². The number of rotatable bonds is 9. The number of thioether (sulfide) groups is 1. The third-order valence-corrected chi connectivity index (χ3v) is 8.80. The molecule has 5 rings (SSSR count). The first-order valence-corrected chi connectivity index (χ1v) is 15.4. The van der Waals surface area contributed by atoms with E-state index >= 15 is 0 Å². The SMILES string of the molecule is Cc1cc(C)nc(SCC(=O)N(Cc2ccc(Cl)cc2)C2(C(=O)Nc3ccc(N4CCOCC4)cc3)CCCC2)n1. The van der Waals surface area contributed by atoms with Gasteiger partial charge in [0, 0.05) is 47.4 Å². The predicted molar refractivity (Wildman–Crippen MR) is 164 cm³/mol. The van der Waals surface area contributed by atoms with E-state index in [2.05, 4.69) is 20.2 Å². The fourth-order valence-corrected chi connectivity index (χ4v) is 6.57. The Hall–Kier alpha value is -3.14. The zero-order valence-corrected chi connectivity index (χ0v) is 25.1. The maximum Gasteiger partial charge on any atom is 0.250 e. The van der Waals surface area contributed by atoms with Crippen molar-refractivity contribution < 1.29 is 14.3 Å². The lowest BCUT2D eigenvalue weighted by molar-refractivity contribution is -0.144. The highest BCUT2D eigenvalue weighted by molar-refractivity contribution is 7.99. The van der Waals surface area contributed by atoms with Gasteiger partial charge in [0.15, 0.2) is 5.16 Å². The highest BCUT2D eigenvalue weighted by Gasteiger charge is 2.48. The van der Waals surface area contributed by atoms with Gasteiger partial charge in [-0.05, 0) is 74.7 Å². The number of benzene rings is 2. The number of anilines is 2. The van der Waals surface area contributed by atoms with Crippen molar-refractivity contribution in [2.75, 3.05) is 42.3 Å². The molecule has 0 bridgehead atoms. The molecule has 2 fully saturated rings. The lowest BCUT2D eigenvalue weighted by atomic mass is 9.92. The minimum absolute atomic E-state index is 0.118. The minimum Gasteiger partial charge on any atom is -0.378 e. The molecule has 0 radical (unpaired) electrons. The molecule has 216 valence electrons. The van der Waals surface area contributed by atoms with Gasteiger partial charge < -0.3 is 19.9 Å². The van der Waals surface area contributed by atoms with Crippen LogP contribution in [0.15, 0.2) is 59.8 Å². The molecular formula is C31H36ClN5O3S. The Labute approximate surface area is 250 Å². The number of nitrogens with one attached hydrogen (secondary N) is 1. The minimum atomic E-state index is -0.955. The van der Waals surface area contributed by atoms with E-state index in [4.69, 9.17) is 16.3 Å². The summed E-state index contributed by atoms with van der Waals surface area (Å²) in [7, 11) is 0. The number of nitrogens with zero attached hydrogens (tertiary/aromatic N) is 4. The summed E-state index contributed by atoms with van der Waals surface area (Å²) < 4.78 is 5.46. The fourth-order valence-electron chi connectivity index (χ4n) is 5.62. The maximum atomic E-state index is 14.1. The first kappa shape index (κ1) is 29.4. The molecular weight excluding hydrogens is 558 g/mol. The topological polar surface area (TPSA) is 87.7 Å². The third kappa shape index (κ3) is 7.20. The number of hydrogen-bond acceptors (Lipinski definition) is 7. The highest BCUT2D eigenvalue weighted by Crippen LogP contribution is 2.38. The van der Waals surface area contributed by atoms with Crippen molar-refractivity contribution in [1.82, 2.24) is 14.9 Å². The summed E-state index contributed by atoms with van der Waals surface area (Å²) in [4.78, 5) is 41.1. The van der Waals surface area contributed by atoms with Crippen LogP contribution in [0.5, 0.6) is 0 Å². The quantitative estimate of drug-likeness (QED) is 0.253. The largest absolute Gasteiger partial charge is 0.378 e. The van der Waals surface area contributed by atoms with Crippen LogP contribution in [0.25, 0.3) is 0 Å². The second-order valence-corrected chi connectivity index (χ2v) is 12.0. The zero-order valence-electron chi connectivity index (χ0n) is 23.6. The lowest BCUT2D eigenvalue weighted by Crippen LogP contribution is -2.57. The van der Waals surface area contributed by atoms with E-state index in [1.165, 1.54) is 11.8 Å². The number of halogens is 1. The van der Waals surface area contributed by atoms with Crippen LogP contribution in [-0.2, 0) is 20.9 Å². The van der Waals surface area contributed by atoms with Gasteiger partial charge >= 0.3 is 0 Å². The summed E-state index contributed by atoms with van der Waals surface area (Å²) in [6, 6.07) is 17.3. The average Bonchev–Trinajstić information content (AvgIpc) is 3.47. The number of carbonyl (C=O) groups excluding carboxylic acids is 2. The molecule has 0 spiro atoms. The van der Waals surface area contributed by atoms with Crippen molar-refractivity contribution >= 4 is 46.6 Å². The zero-order chi connectivity index (χ0) is 28.8.